The van der Waals surface area contributed by atoms with Gasteiger partial charge in [-0.2, -0.15) is 0 Å². The molecule has 3 atom stereocenters. The number of aromatic nitrogens is 1. The number of benzene rings is 2. The summed E-state index contributed by atoms with van der Waals surface area (Å²) in [7, 11) is 3.30. The molecule has 1 saturated heterocycles. The van der Waals surface area contributed by atoms with Crippen molar-refractivity contribution in [2.24, 2.45) is 11.8 Å². The Hall–Kier alpha value is -2.35. The fourth-order valence-corrected chi connectivity index (χ4v) is 6.00. The smallest absolute Gasteiger partial charge is 0.126 e. The fraction of sp³-hybridized carbons (Fsp3) is 0.483. The van der Waals surface area contributed by atoms with Gasteiger partial charge >= 0.3 is 0 Å². The third kappa shape index (κ3) is 6.90. The summed E-state index contributed by atoms with van der Waals surface area (Å²) in [6.07, 6.45) is 3.96. The van der Waals surface area contributed by atoms with Crippen LogP contribution >= 0.6 is 11.8 Å². The third-order valence-electron chi connectivity index (χ3n) is 7.27. The van der Waals surface area contributed by atoms with Gasteiger partial charge in [-0.05, 0) is 110 Å². The molecule has 1 aliphatic rings. The van der Waals surface area contributed by atoms with Crippen LogP contribution in [0.15, 0.2) is 59.6 Å². The Morgan fingerprint density at radius 1 is 1.08 bits per heavy atom. The number of ether oxygens (including phenoxy) is 2. The zero-order valence-corrected chi connectivity index (χ0v) is 22.1. The van der Waals surface area contributed by atoms with Gasteiger partial charge < -0.3 is 19.5 Å². The van der Waals surface area contributed by atoms with E-state index in [9.17, 15) is 5.11 Å². The highest BCUT2D eigenvalue weighted by molar-refractivity contribution is 7.99. The lowest BCUT2D eigenvalue weighted by atomic mass is 9.81. The molecule has 1 aromatic heterocycles. The summed E-state index contributed by atoms with van der Waals surface area (Å²) in [6, 6.07) is 15.6. The van der Waals surface area contributed by atoms with Crippen molar-refractivity contribution >= 4 is 22.7 Å². The summed E-state index contributed by atoms with van der Waals surface area (Å²) in [4.78, 5) is 8.08. The van der Waals surface area contributed by atoms with Crippen molar-refractivity contribution in [1.29, 1.82) is 0 Å². The van der Waals surface area contributed by atoms with Gasteiger partial charge in [-0.15, -0.1) is 11.8 Å². The molecule has 1 aliphatic heterocycles. The molecule has 0 radical (unpaired) electrons. The lowest BCUT2D eigenvalue weighted by Crippen LogP contribution is -2.42. The fourth-order valence-electron chi connectivity index (χ4n) is 5.16. The average molecular weight is 513 g/mol. The topological polar surface area (TPSA) is 54.8 Å². The largest absolute Gasteiger partial charge is 0.497 e. The number of likely N-dealkylation sites (tertiary alicyclic amines) is 1. The molecule has 194 valence electrons. The molecule has 0 bridgehead atoms. The number of aliphatic hydroxyl groups excluding tert-OH is 1. The van der Waals surface area contributed by atoms with Gasteiger partial charge in [0.25, 0.3) is 0 Å². The number of nitrogens with zero attached hydrogens (tertiary/aromatic N) is 2. The summed E-state index contributed by atoms with van der Waals surface area (Å²) in [5, 5.41) is 10.9. The van der Waals surface area contributed by atoms with Crippen molar-refractivity contribution in [3.8, 4) is 11.5 Å². The highest BCUT2D eigenvalue weighted by Gasteiger charge is 2.29. The minimum atomic E-state index is -1.06. The first-order valence-corrected chi connectivity index (χ1v) is 13.8. The van der Waals surface area contributed by atoms with Crippen LogP contribution in [0.5, 0.6) is 11.5 Å². The SMILES string of the molecule is COc1ccc(SCCCN2CC[C@@H](CCC(F)c3ccnc4ccc(OC)cc34)[C@@H](CO)C2)cc1. The van der Waals surface area contributed by atoms with Crippen LogP contribution in [0, 0.1) is 11.8 Å². The van der Waals surface area contributed by atoms with Gasteiger partial charge in [0.05, 0.1) is 19.7 Å². The van der Waals surface area contributed by atoms with E-state index in [4.69, 9.17) is 9.47 Å². The van der Waals surface area contributed by atoms with Crippen LogP contribution in [0.3, 0.4) is 0 Å². The summed E-state index contributed by atoms with van der Waals surface area (Å²) in [5.74, 6) is 3.20. The Labute approximate surface area is 218 Å². The molecule has 2 heterocycles. The zero-order valence-electron chi connectivity index (χ0n) is 21.2. The molecule has 3 aromatic rings. The second kappa shape index (κ2) is 13.3. The van der Waals surface area contributed by atoms with Crippen LogP contribution in [-0.4, -0.2) is 61.2 Å². The minimum absolute atomic E-state index is 0.161. The van der Waals surface area contributed by atoms with E-state index >= 15 is 4.39 Å². The number of thioether (sulfide) groups is 1. The molecule has 2 aromatic carbocycles. The van der Waals surface area contributed by atoms with E-state index < -0.39 is 6.17 Å². The quantitative estimate of drug-likeness (QED) is 0.232. The van der Waals surface area contributed by atoms with Crippen molar-refractivity contribution in [3.05, 3.63) is 60.3 Å². The number of piperidine rings is 1. The Morgan fingerprint density at radius 2 is 1.86 bits per heavy atom. The molecule has 0 spiro atoms. The Balaban J connectivity index is 1.24. The first-order valence-electron chi connectivity index (χ1n) is 12.8. The number of fused-ring (bicyclic) bond motifs is 1. The number of aliphatic hydroxyl groups is 1. The van der Waals surface area contributed by atoms with Crippen molar-refractivity contribution in [2.45, 2.75) is 36.8 Å². The van der Waals surface area contributed by atoms with Gasteiger partial charge in [0.2, 0.25) is 0 Å². The standard InChI is InChI=1S/C29H37FN2O3S/c1-34-23-5-8-25(9-6-23)36-17-3-15-32-16-13-21(22(19-32)20-33)4-10-28(30)26-12-14-31-29-11-7-24(35-2)18-27(26)29/h5-9,11-12,14,18,21-22,28,33H,3-4,10,13,15-17,19-20H2,1-2H3/t21-,22-,28?/m1/s1. The van der Waals surface area contributed by atoms with Gasteiger partial charge in [0.1, 0.15) is 17.7 Å². The first-order chi connectivity index (χ1) is 17.6. The van der Waals surface area contributed by atoms with Crippen LogP contribution in [0.25, 0.3) is 10.9 Å². The van der Waals surface area contributed by atoms with Gasteiger partial charge in [-0.3, -0.25) is 4.98 Å². The van der Waals surface area contributed by atoms with E-state index in [2.05, 4.69) is 22.0 Å². The summed E-state index contributed by atoms with van der Waals surface area (Å²) < 4.78 is 25.9. The number of methoxy groups -OCH3 is 2. The molecule has 1 fully saturated rings. The number of pyridine rings is 1. The highest BCUT2D eigenvalue weighted by atomic mass is 32.2. The molecule has 7 heteroatoms. The Morgan fingerprint density at radius 3 is 2.61 bits per heavy atom. The van der Waals surface area contributed by atoms with Gasteiger partial charge in [0, 0.05) is 29.6 Å². The number of hydrogen-bond acceptors (Lipinski definition) is 6. The number of rotatable bonds is 12. The molecule has 0 aliphatic carbocycles. The predicted molar refractivity (Wildman–Crippen MR) is 145 cm³/mol. The van der Waals surface area contributed by atoms with E-state index in [-0.39, 0.29) is 12.5 Å². The maximum Gasteiger partial charge on any atom is 0.126 e. The monoisotopic (exact) mass is 512 g/mol. The van der Waals surface area contributed by atoms with Crippen LogP contribution in [0.4, 0.5) is 4.39 Å². The minimum Gasteiger partial charge on any atom is -0.497 e. The molecule has 36 heavy (non-hydrogen) atoms. The highest BCUT2D eigenvalue weighted by Crippen LogP contribution is 2.35. The Kier molecular flexibility index (Phi) is 9.84. The summed E-state index contributed by atoms with van der Waals surface area (Å²) >= 11 is 1.86. The summed E-state index contributed by atoms with van der Waals surface area (Å²) in [6.45, 7) is 3.10. The second-order valence-corrected chi connectivity index (χ2v) is 10.7. The lowest BCUT2D eigenvalue weighted by Gasteiger charge is -2.38. The van der Waals surface area contributed by atoms with E-state index in [1.54, 1.807) is 26.5 Å². The third-order valence-corrected chi connectivity index (χ3v) is 8.37. The maximum atomic E-state index is 15.4. The molecule has 5 nitrogen and oxygen atoms in total. The van der Waals surface area contributed by atoms with Crippen molar-refractivity contribution < 1.29 is 19.0 Å². The van der Waals surface area contributed by atoms with Crippen molar-refractivity contribution in [3.63, 3.8) is 0 Å². The Bertz CT molecular complexity index is 1100. The van der Waals surface area contributed by atoms with Crippen LogP contribution in [0.2, 0.25) is 0 Å². The molecule has 4 rings (SSSR count). The van der Waals surface area contributed by atoms with E-state index in [0.29, 0.717) is 23.7 Å². The first kappa shape index (κ1) is 26.7. The molecule has 0 saturated carbocycles. The van der Waals surface area contributed by atoms with E-state index in [1.165, 1.54) is 4.90 Å². The maximum absolute atomic E-state index is 15.4. The van der Waals surface area contributed by atoms with Crippen LogP contribution < -0.4 is 9.47 Å². The average Bonchev–Trinajstić information content (AvgIpc) is 2.93. The van der Waals surface area contributed by atoms with Gasteiger partial charge in [-0.25, -0.2) is 4.39 Å². The van der Waals surface area contributed by atoms with Gasteiger partial charge in [0.15, 0.2) is 0 Å². The number of halogens is 1. The molecular formula is C29H37FN2O3S. The number of alkyl halides is 1. The van der Waals surface area contributed by atoms with Crippen LogP contribution in [-0.2, 0) is 0 Å². The summed E-state index contributed by atoms with van der Waals surface area (Å²) in [5.41, 5.74) is 1.45. The van der Waals surface area contributed by atoms with Crippen molar-refractivity contribution in [1.82, 2.24) is 9.88 Å². The zero-order chi connectivity index (χ0) is 25.3. The molecule has 1 unspecified atom stereocenters. The van der Waals surface area contributed by atoms with Crippen LogP contribution in [0.1, 0.15) is 37.4 Å². The van der Waals surface area contributed by atoms with Gasteiger partial charge in [-0.1, -0.05) is 0 Å². The van der Waals surface area contributed by atoms with Crippen molar-refractivity contribution in [2.75, 3.05) is 46.2 Å². The lowest BCUT2D eigenvalue weighted by molar-refractivity contribution is 0.0640. The van der Waals surface area contributed by atoms with E-state index in [0.717, 1.165) is 61.3 Å². The molecule has 0 amide bonds. The second-order valence-electron chi connectivity index (χ2n) is 9.50. The predicted octanol–water partition coefficient (Wildman–Crippen LogP) is 6.16. The number of hydrogen-bond donors (Lipinski definition) is 1. The molecule has 1 N–H and O–H groups in total. The molecular weight excluding hydrogens is 475 g/mol. The van der Waals surface area contributed by atoms with E-state index in [1.807, 2.05) is 42.1 Å². The normalized spacial score (nSPS) is 19.3.